The first-order valence-electron chi connectivity index (χ1n) is 8.61. The Kier molecular flexibility index (Phi) is 5.69. The number of carbonyl (C=O) groups is 1. The highest BCUT2D eigenvalue weighted by Gasteiger charge is 2.35. The van der Waals surface area contributed by atoms with Crippen LogP contribution in [0.25, 0.3) is 10.2 Å². The number of furan rings is 1. The van der Waals surface area contributed by atoms with E-state index < -0.39 is 9.84 Å². The Morgan fingerprint density at radius 3 is 2.96 bits per heavy atom. The van der Waals surface area contributed by atoms with Crippen molar-refractivity contribution in [2.24, 2.45) is 0 Å². The number of hydrogen-bond donors (Lipinski definition) is 0. The van der Waals surface area contributed by atoms with Crippen LogP contribution < -0.4 is 0 Å². The molecule has 148 valence electrons. The van der Waals surface area contributed by atoms with Crippen molar-refractivity contribution in [3.8, 4) is 0 Å². The van der Waals surface area contributed by atoms with Gasteiger partial charge in [0.25, 0.3) is 0 Å². The summed E-state index contributed by atoms with van der Waals surface area (Å²) in [7, 11) is -3.10. The van der Waals surface area contributed by atoms with Gasteiger partial charge in [-0.1, -0.05) is 23.4 Å². The molecule has 3 aromatic rings. The number of rotatable bonds is 6. The first-order valence-corrected chi connectivity index (χ1v) is 12.6. The van der Waals surface area contributed by atoms with Gasteiger partial charge in [-0.3, -0.25) is 4.79 Å². The molecule has 0 N–H and O–H groups in total. The second-order valence-corrected chi connectivity index (χ2v) is 11.5. The minimum atomic E-state index is -3.10. The smallest absolute Gasteiger partial charge is 0.233 e. The predicted octanol–water partition coefficient (Wildman–Crippen LogP) is 3.85. The third kappa shape index (κ3) is 4.53. The van der Waals surface area contributed by atoms with Crippen molar-refractivity contribution < 1.29 is 17.6 Å². The molecule has 0 bridgehead atoms. The van der Waals surface area contributed by atoms with E-state index in [9.17, 15) is 13.2 Å². The lowest BCUT2D eigenvalue weighted by Gasteiger charge is -2.27. The molecule has 1 atom stereocenters. The van der Waals surface area contributed by atoms with Crippen LogP contribution in [0.3, 0.4) is 0 Å². The zero-order chi connectivity index (χ0) is 19.7. The molecule has 10 heteroatoms. The zero-order valence-electron chi connectivity index (χ0n) is 14.7. The molecule has 1 aliphatic heterocycles. The van der Waals surface area contributed by atoms with Crippen molar-refractivity contribution in [3.05, 3.63) is 47.4 Å². The molecular weight excluding hydrogens is 440 g/mol. The lowest BCUT2D eigenvalue weighted by molar-refractivity contribution is -0.131. The molecule has 1 aliphatic rings. The van der Waals surface area contributed by atoms with Gasteiger partial charge in [0.15, 0.2) is 14.2 Å². The monoisotopic (exact) mass is 456 g/mol. The van der Waals surface area contributed by atoms with Crippen LogP contribution in [0.2, 0.25) is 5.02 Å². The summed E-state index contributed by atoms with van der Waals surface area (Å²) in [5, 5.41) is 0.623. The maximum atomic E-state index is 12.9. The fraction of sp³-hybridized carbons (Fsp3) is 0.333. The number of thioether (sulfide) groups is 1. The molecular formula is C18H17ClN2O4S3. The van der Waals surface area contributed by atoms with Crippen molar-refractivity contribution in [3.63, 3.8) is 0 Å². The summed E-state index contributed by atoms with van der Waals surface area (Å²) in [4.78, 5) is 19.1. The van der Waals surface area contributed by atoms with Gasteiger partial charge < -0.3 is 9.32 Å². The average Bonchev–Trinajstić information content (AvgIpc) is 3.36. The Morgan fingerprint density at radius 1 is 1.39 bits per heavy atom. The van der Waals surface area contributed by atoms with E-state index in [0.717, 1.165) is 14.6 Å². The molecule has 0 aliphatic carbocycles. The third-order valence-electron chi connectivity index (χ3n) is 4.52. The van der Waals surface area contributed by atoms with E-state index >= 15 is 0 Å². The van der Waals surface area contributed by atoms with Crippen LogP contribution in [0.5, 0.6) is 0 Å². The van der Waals surface area contributed by atoms with Gasteiger partial charge in [-0.2, -0.15) is 0 Å². The molecule has 2 aromatic heterocycles. The molecule has 1 unspecified atom stereocenters. The maximum absolute atomic E-state index is 12.9. The fourth-order valence-corrected chi connectivity index (χ4v) is 6.99. The number of hydrogen-bond acceptors (Lipinski definition) is 7. The number of sulfone groups is 1. The first-order chi connectivity index (χ1) is 13.4. The quantitative estimate of drug-likeness (QED) is 0.524. The Hall–Kier alpha value is -1.55. The van der Waals surface area contributed by atoms with Gasteiger partial charge >= 0.3 is 0 Å². The van der Waals surface area contributed by atoms with E-state index in [0.29, 0.717) is 17.2 Å². The van der Waals surface area contributed by atoms with Crippen LogP contribution in [0, 0.1) is 0 Å². The molecule has 4 rings (SSSR count). The number of nitrogens with zero attached hydrogens (tertiary/aromatic N) is 2. The predicted molar refractivity (Wildman–Crippen MR) is 112 cm³/mol. The SMILES string of the molecule is O=C(CSc1nc2cc(Cl)ccc2s1)N(Cc1ccco1)C1CCS(=O)(=O)C1. The van der Waals surface area contributed by atoms with E-state index in [2.05, 4.69) is 4.98 Å². The van der Waals surface area contributed by atoms with Gasteiger partial charge in [0, 0.05) is 11.1 Å². The fourth-order valence-electron chi connectivity index (χ4n) is 3.16. The van der Waals surface area contributed by atoms with Crippen LogP contribution in [0.15, 0.2) is 45.4 Å². The zero-order valence-corrected chi connectivity index (χ0v) is 17.9. The van der Waals surface area contributed by atoms with Gasteiger partial charge in [0.1, 0.15) is 5.76 Å². The van der Waals surface area contributed by atoms with Crippen LogP contribution in [0.1, 0.15) is 12.2 Å². The van der Waals surface area contributed by atoms with Gasteiger partial charge in [0.05, 0.1) is 40.3 Å². The van der Waals surface area contributed by atoms with Crippen molar-refractivity contribution in [2.45, 2.75) is 23.3 Å². The first kappa shape index (κ1) is 19.8. The molecule has 3 heterocycles. The number of aromatic nitrogens is 1. The van der Waals surface area contributed by atoms with E-state index in [1.165, 1.54) is 23.1 Å². The number of fused-ring (bicyclic) bond motifs is 1. The van der Waals surface area contributed by atoms with Crippen LogP contribution in [-0.4, -0.2) is 47.5 Å². The number of thiazole rings is 1. The Morgan fingerprint density at radius 2 is 2.25 bits per heavy atom. The number of amides is 1. The molecule has 1 saturated heterocycles. The summed E-state index contributed by atoms with van der Waals surface area (Å²) < 4.78 is 30.9. The summed E-state index contributed by atoms with van der Waals surface area (Å²) in [6.45, 7) is 0.266. The summed E-state index contributed by atoms with van der Waals surface area (Å²) in [5.74, 6) is 0.818. The van der Waals surface area contributed by atoms with Crippen molar-refractivity contribution in [2.75, 3.05) is 17.3 Å². The minimum Gasteiger partial charge on any atom is -0.467 e. The molecule has 1 amide bonds. The molecule has 1 fully saturated rings. The molecule has 0 spiro atoms. The van der Waals surface area contributed by atoms with Crippen LogP contribution in [0.4, 0.5) is 0 Å². The summed E-state index contributed by atoms with van der Waals surface area (Å²) >= 11 is 8.86. The van der Waals surface area contributed by atoms with Crippen molar-refractivity contribution in [1.82, 2.24) is 9.88 Å². The second-order valence-electron chi connectivity index (χ2n) is 6.54. The van der Waals surface area contributed by atoms with Gasteiger partial charge in [-0.05, 0) is 36.8 Å². The molecule has 6 nitrogen and oxygen atoms in total. The molecule has 0 radical (unpaired) electrons. The van der Waals surface area contributed by atoms with E-state index in [1.807, 2.05) is 12.1 Å². The number of halogens is 1. The van der Waals surface area contributed by atoms with E-state index in [1.54, 1.807) is 29.4 Å². The largest absolute Gasteiger partial charge is 0.467 e. The lowest BCUT2D eigenvalue weighted by Crippen LogP contribution is -2.41. The van der Waals surface area contributed by atoms with E-state index in [-0.39, 0.29) is 35.8 Å². The third-order valence-corrected chi connectivity index (χ3v) is 8.67. The maximum Gasteiger partial charge on any atom is 0.233 e. The Bertz CT molecular complexity index is 1100. The number of benzene rings is 1. The highest BCUT2D eigenvalue weighted by atomic mass is 35.5. The molecule has 0 saturated carbocycles. The standard InChI is InChI=1S/C18H17ClN2O4S3/c19-12-3-4-16-15(8-12)20-18(27-16)26-10-17(22)21(9-14-2-1-6-25-14)13-5-7-28(23,24)11-13/h1-4,6,8,13H,5,7,9-11H2. The van der Waals surface area contributed by atoms with Crippen LogP contribution in [-0.2, 0) is 21.2 Å². The van der Waals surface area contributed by atoms with Gasteiger partial charge in [0.2, 0.25) is 5.91 Å². The normalized spacial score (nSPS) is 18.5. The average molecular weight is 457 g/mol. The Labute approximate surface area is 175 Å². The van der Waals surface area contributed by atoms with Crippen molar-refractivity contribution >= 4 is 60.7 Å². The molecule has 28 heavy (non-hydrogen) atoms. The Balaban J connectivity index is 1.48. The van der Waals surface area contributed by atoms with E-state index in [4.69, 9.17) is 16.0 Å². The van der Waals surface area contributed by atoms with Gasteiger partial charge in [-0.25, -0.2) is 13.4 Å². The van der Waals surface area contributed by atoms with Crippen LogP contribution >= 0.6 is 34.7 Å². The lowest BCUT2D eigenvalue weighted by atomic mass is 10.2. The summed E-state index contributed by atoms with van der Waals surface area (Å²) in [5.41, 5.74) is 0.807. The van der Waals surface area contributed by atoms with Crippen molar-refractivity contribution in [1.29, 1.82) is 0 Å². The summed E-state index contributed by atoms with van der Waals surface area (Å²) in [6, 6.07) is 8.74. The summed E-state index contributed by atoms with van der Waals surface area (Å²) in [6.07, 6.45) is 2.00. The minimum absolute atomic E-state index is 0.00372. The number of carbonyl (C=O) groups excluding carboxylic acids is 1. The highest BCUT2D eigenvalue weighted by Crippen LogP contribution is 2.31. The molecule has 1 aromatic carbocycles. The highest BCUT2D eigenvalue weighted by molar-refractivity contribution is 8.01. The van der Waals surface area contributed by atoms with Gasteiger partial charge in [-0.15, -0.1) is 11.3 Å². The second kappa shape index (κ2) is 8.06. The topological polar surface area (TPSA) is 80.5 Å².